The van der Waals surface area contributed by atoms with Crippen molar-refractivity contribution in [2.75, 3.05) is 6.54 Å². The second kappa shape index (κ2) is 6.01. The molecule has 0 aromatic heterocycles. The Balaban J connectivity index is 2.00. The van der Waals surface area contributed by atoms with E-state index in [2.05, 4.69) is 11.2 Å². The summed E-state index contributed by atoms with van der Waals surface area (Å²) < 4.78 is 0. The quantitative estimate of drug-likeness (QED) is 0.505. The van der Waals surface area contributed by atoms with Gasteiger partial charge in [-0.3, -0.25) is 0 Å². The summed E-state index contributed by atoms with van der Waals surface area (Å²) in [4.78, 5) is 0. The molecule has 0 unspecified atom stereocenters. The van der Waals surface area contributed by atoms with Gasteiger partial charge in [0.05, 0.1) is 0 Å². The van der Waals surface area contributed by atoms with Crippen LogP contribution in [-0.4, -0.2) is 18.6 Å². The predicted molar refractivity (Wildman–Crippen MR) is 56.3 cm³/mol. The summed E-state index contributed by atoms with van der Waals surface area (Å²) in [7, 11) is 0. The van der Waals surface area contributed by atoms with Crippen LogP contribution in [0.5, 0.6) is 0 Å². The molecule has 74 valence electrons. The normalized spacial score (nSPS) is 28.3. The summed E-state index contributed by atoms with van der Waals surface area (Å²) in [5.74, 6) is 2.65. The highest BCUT2D eigenvalue weighted by Gasteiger charge is 2.17. The molecular formula is C11H20N2. The van der Waals surface area contributed by atoms with E-state index in [4.69, 9.17) is 12.2 Å². The van der Waals surface area contributed by atoms with Crippen molar-refractivity contribution in [2.45, 2.75) is 50.6 Å². The van der Waals surface area contributed by atoms with Crippen LogP contribution in [-0.2, 0) is 0 Å². The highest BCUT2D eigenvalue weighted by Crippen LogP contribution is 2.16. The van der Waals surface area contributed by atoms with Gasteiger partial charge >= 0.3 is 0 Å². The lowest BCUT2D eigenvalue weighted by atomic mass is 9.92. The van der Waals surface area contributed by atoms with E-state index in [1.807, 2.05) is 0 Å². The third kappa shape index (κ3) is 4.31. The fraction of sp³-hybridized carbons (Fsp3) is 0.818. The molecule has 1 rings (SSSR count). The van der Waals surface area contributed by atoms with Gasteiger partial charge in [0.2, 0.25) is 0 Å². The molecule has 13 heavy (non-hydrogen) atoms. The monoisotopic (exact) mass is 180 g/mol. The van der Waals surface area contributed by atoms with Gasteiger partial charge in [0.25, 0.3) is 0 Å². The summed E-state index contributed by atoms with van der Waals surface area (Å²) in [6.45, 7) is 1.06. The van der Waals surface area contributed by atoms with Gasteiger partial charge in [0.15, 0.2) is 0 Å². The molecule has 2 nitrogen and oxygen atoms in total. The van der Waals surface area contributed by atoms with Gasteiger partial charge in [0, 0.05) is 18.5 Å². The van der Waals surface area contributed by atoms with Crippen molar-refractivity contribution in [1.82, 2.24) is 5.32 Å². The number of terminal acetylenes is 1. The fourth-order valence-corrected chi connectivity index (χ4v) is 1.82. The Kier molecular flexibility index (Phi) is 4.88. The number of hydrogen-bond acceptors (Lipinski definition) is 2. The highest BCUT2D eigenvalue weighted by molar-refractivity contribution is 4.84. The lowest BCUT2D eigenvalue weighted by Crippen LogP contribution is -2.37. The van der Waals surface area contributed by atoms with E-state index in [1.165, 1.54) is 25.7 Å². The number of unbranched alkanes of at least 4 members (excludes halogenated alkanes) is 1. The molecule has 0 heterocycles. The smallest absolute Gasteiger partial charge is 0.00981 e. The summed E-state index contributed by atoms with van der Waals surface area (Å²) in [5.41, 5.74) is 5.82. The van der Waals surface area contributed by atoms with E-state index in [1.54, 1.807) is 0 Å². The predicted octanol–water partition coefficient (Wildman–Crippen LogP) is 1.26. The Bertz CT molecular complexity index is 163. The first kappa shape index (κ1) is 10.6. The highest BCUT2D eigenvalue weighted by atomic mass is 14.9. The molecule has 0 aliphatic heterocycles. The number of hydrogen-bond donors (Lipinski definition) is 2. The lowest BCUT2D eigenvalue weighted by molar-refractivity contribution is 0.342. The van der Waals surface area contributed by atoms with Crippen molar-refractivity contribution in [3.8, 4) is 12.3 Å². The largest absolute Gasteiger partial charge is 0.328 e. The number of nitrogens with two attached hydrogens (primary N) is 1. The Morgan fingerprint density at radius 1 is 1.31 bits per heavy atom. The summed E-state index contributed by atoms with van der Waals surface area (Å²) in [6.07, 6.45) is 12.0. The molecule has 2 heteroatoms. The van der Waals surface area contributed by atoms with Crippen LogP contribution in [0.3, 0.4) is 0 Å². The molecular weight excluding hydrogens is 160 g/mol. The van der Waals surface area contributed by atoms with Crippen molar-refractivity contribution < 1.29 is 0 Å². The molecule has 1 saturated carbocycles. The van der Waals surface area contributed by atoms with E-state index < -0.39 is 0 Å². The third-order valence-corrected chi connectivity index (χ3v) is 2.70. The molecule has 1 fully saturated rings. The van der Waals surface area contributed by atoms with Gasteiger partial charge in [-0.1, -0.05) is 0 Å². The van der Waals surface area contributed by atoms with E-state index in [0.717, 1.165) is 19.4 Å². The molecule has 0 aromatic rings. The maximum atomic E-state index is 5.82. The van der Waals surface area contributed by atoms with E-state index in [9.17, 15) is 0 Å². The van der Waals surface area contributed by atoms with Crippen molar-refractivity contribution in [1.29, 1.82) is 0 Å². The first-order valence-corrected chi connectivity index (χ1v) is 5.25. The number of nitrogens with one attached hydrogen (secondary N) is 1. The molecule has 0 saturated heterocycles. The molecule has 3 N–H and O–H groups in total. The van der Waals surface area contributed by atoms with Gasteiger partial charge in [-0.15, -0.1) is 12.3 Å². The summed E-state index contributed by atoms with van der Waals surface area (Å²) in [5, 5.41) is 3.53. The second-order valence-corrected chi connectivity index (χ2v) is 3.87. The van der Waals surface area contributed by atoms with Crippen LogP contribution in [0.25, 0.3) is 0 Å². The van der Waals surface area contributed by atoms with Crippen LogP contribution in [0.15, 0.2) is 0 Å². The molecule has 0 bridgehead atoms. The second-order valence-electron chi connectivity index (χ2n) is 3.87. The van der Waals surface area contributed by atoms with Crippen LogP contribution in [0.2, 0.25) is 0 Å². The Morgan fingerprint density at radius 3 is 2.62 bits per heavy atom. The van der Waals surface area contributed by atoms with Gasteiger partial charge in [-0.05, 0) is 38.6 Å². The van der Waals surface area contributed by atoms with Gasteiger partial charge in [-0.25, -0.2) is 0 Å². The zero-order valence-electron chi connectivity index (χ0n) is 8.26. The molecule has 0 spiro atoms. The van der Waals surface area contributed by atoms with E-state index >= 15 is 0 Å². The average molecular weight is 180 g/mol. The van der Waals surface area contributed by atoms with Crippen molar-refractivity contribution >= 4 is 0 Å². The molecule has 0 amide bonds. The van der Waals surface area contributed by atoms with Crippen LogP contribution in [0, 0.1) is 12.3 Å². The third-order valence-electron chi connectivity index (χ3n) is 2.70. The van der Waals surface area contributed by atoms with Gasteiger partial charge in [-0.2, -0.15) is 0 Å². The lowest BCUT2D eigenvalue weighted by Gasteiger charge is -2.26. The fourth-order valence-electron chi connectivity index (χ4n) is 1.82. The Hall–Kier alpha value is -0.520. The van der Waals surface area contributed by atoms with Crippen LogP contribution in [0.1, 0.15) is 38.5 Å². The van der Waals surface area contributed by atoms with Crippen LogP contribution >= 0.6 is 0 Å². The number of rotatable bonds is 4. The minimum Gasteiger partial charge on any atom is -0.328 e. The van der Waals surface area contributed by atoms with E-state index in [-0.39, 0.29) is 0 Å². The zero-order valence-corrected chi connectivity index (χ0v) is 8.26. The Labute approximate surface area is 81.3 Å². The summed E-state index contributed by atoms with van der Waals surface area (Å²) >= 11 is 0. The minimum atomic E-state index is 0.448. The van der Waals surface area contributed by atoms with Gasteiger partial charge in [0.1, 0.15) is 0 Å². The average Bonchev–Trinajstić information content (AvgIpc) is 2.15. The SMILES string of the molecule is C#CCCCNC1CCC(N)CC1. The molecule has 0 radical (unpaired) electrons. The van der Waals surface area contributed by atoms with Crippen molar-refractivity contribution in [3.05, 3.63) is 0 Å². The molecule has 0 atom stereocenters. The standard InChI is InChI=1S/C11H20N2/c1-2-3-4-9-13-11-7-5-10(12)6-8-11/h1,10-11,13H,3-9,12H2. The first-order chi connectivity index (χ1) is 6.33. The molecule has 0 aromatic carbocycles. The van der Waals surface area contributed by atoms with Crippen LogP contribution < -0.4 is 11.1 Å². The maximum absolute atomic E-state index is 5.82. The topological polar surface area (TPSA) is 38.0 Å². The van der Waals surface area contributed by atoms with E-state index in [0.29, 0.717) is 12.1 Å². The van der Waals surface area contributed by atoms with Crippen molar-refractivity contribution in [3.63, 3.8) is 0 Å². The van der Waals surface area contributed by atoms with Gasteiger partial charge < -0.3 is 11.1 Å². The molecule has 1 aliphatic rings. The minimum absolute atomic E-state index is 0.448. The van der Waals surface area contributed by atoms with Crippen molar-refractivity contribution in [2.24, 2.45) is 5.73 Å². The summed E-state index contributed by atoms with van der Waals surface area (Å²) in [6, 6.07) is 1.14. The first-order valence-electron chi connectivity index (χ1n) is 5.25. The zero-order chi connectivity index (χ0) is 9.52. The maximum Gasteiger partial charge on any atom is 0.00981 e. The Morgan fingerprint density at radius 2 is 2.00 bits per heavy atom. The molecule has 1 aliphatic carbocycles. The van der Waals surface area contributed by atoms with Crippen LogP contribution in [0.4, 0.5) is 0 Å².